The van der Waals surface area contributed by atoms with Crippen molar-refractivity contribution in [1.82, 2.24) is 9.88 Å². The minimum Gasteiger partial charge on any atom is -0.345 e. The van der Waals surface area contributed by atoms with E-state index in [0.717, 1.165) is 33.9 Å². The van der Waals surface area contributed by atoms with Gasteiger partial charge in [-0.25, -0.2) is 17.8 Å². The highest BCUT2D eigenvalue weighted by Gasteiger charge is 2.27. The van der Waals surface area contributed by atoms with Crippen molar-refractivity contribution in [1.29, 1.82) is 0 Å². The summed E-state index contributed by atoms with van der Waals surface area (Å²) in [5, 5.41) is 0.928. The molecule has 1 amide bonds. The summed E-state index contributed by atoms with van der Waals surface area (Å²) in [5.74, 6) is -1.56. The smallest absolute Gasteiger partial charge is 0.238 e. The molecule has 1 saturated heterocycles. The number of amides is 1. The molecule has 6 nitrogen and oxygen atoms in total. The van der Waals surface area contributed by atoms with Gasteiger partial charge in [-0.05, 0) is 42.3 Å². The minimum absolute atomic E-state index is 0.0444. The number of para-hydroxylation sites is 1. The quantitative estimate of drug-likeness (QED) is 0.562. The Bertz CT molecular complexity index is 1170. The van der Waals surface area contributed by atoms with Gasteiger partial charge < -0.3 is 9.80 Å². The number of aromatic nitrogens is 1. The van der Waals surface area contributed by atoms with Crippen LogP contribution in [0, 0.1) is 5.82 Å². The van der Waals surface area contributed by atoms with Crippen LogP contribution in [0.15, 0.2) is 47.4 Å². The highest BCUT2D eigenvalue weighted by Crippen LogP contribution is 2.31. The first-order valence-corrected chi connectivity index (χ1v) is 12.2. The van der Waals surface area contributed by atoms with Gasteiger partial charge in [0.1, 0.15) is 11.6 Å². The summed E-state index contributed by atoms with van der Waals surface area (Å²) in [6.07, 6.45) is 0.922. The normalized spacial score (nSPS) is 15.0. The maximum Gasteiger partial charge on any atom is 0.238 e. The number of hydrogen-bond donors (Lipinski definition) is 0. The lowest BCUT2D eigenvalue weighted by atomic mass is 10.1. The summed E-state index contributed by atoms with van der Waals surface area (Å²) in [6, 6.07) is 10.7. The molecule has 0 spiro atoms. The first-order valence-electron chi connectivity index (χ1n) is 9.77. The fraction of sp³-hybridized carbons (Fsp3) is 0.333. The summed E-state index contributed by atoms with van der Waals surface area (Å²) < 4.78 is 39.1. The predicted molar refractivity (Wildman–Crippen MR) is 116 cm³/mol. The van der Waals surface area contributed by atoms with Crippen LogP contribution < -0.4 is 4.90 Å². The van der Waals surface area contributed by atoms with Crippen LogP contribution in [0.25, 0.3) is 10.2 Å². The maximum absolute atomic E-state index is 13.0. The Hall–Kier alpha value is -2.52. The molecule has 1 aromatic heterocycles. The molecule has 4 rings (SSSR count). The van der Waals surface area contributed by atoms with Gasteiger partial charge in [0.25, 0.3) is 0 Å². The van der Waals surface area contributed by atoms with E-state index < -0.39 is 27.3 Å². The molecule has 0 atom stereocenters. The van der Waals surface area contributed by atoms with Crippen molar-refractivity contribution in [2.45, 2.75) is 18.2 Å². The van der Waals surface area contributed by atoms with Crippen LogP contribution >= 0.6 is 11.3 Å². The van der Waals surface area contributed by atoms with Crippen LogP contribution in [0.1, 0.15) is 12.5 Å². The van der Waals surface area contributed by atoms with Gasteiger partial charge >= 0.3 is 0 Å². The Morgan fingerprint density at radius 3 is 2.47 bits per heavy atom. The third-order valence-electron chi connectivity index (χ3n) is 5.26. The molecular weight excluding hydrogens is 425 g/mol. The summed E-state index contributed by atoms with van der Waals surface area (Å²) in [4.78, 5) is 21.0. The van der Waals surface area contributed by atoms with Crippen LogP contribution in [-0.2, 0) is 21.1 Å². The molecule has 3 aromatic rings. The van der Waals surface area contributed by atoms with Crippen molar-refractivity contribution in [3.63, 3.8) is 0 Å². The Morgan fingerprint density at radius 1 is 1.10 bits per heavy atom. The van der Waals surface area contributed by atoms with Gasteiger partial charge in [0, 0.05) is 26.2 Å². The number of aryl methyl sites for hydroxylation is 1. The zero-order valence-corrected chi connectivity index (χ0v) is 18.2. The fourth-order valence-electron chi connectivity index (χ4n) is 3.54. The molecule has 0 saturated carbocycles. The molecule has 1 aliphatic rings. The van der Waals surface area contributed by atoms with Crippen molar-refractivity contribution >= 4 is 42.4 Å². The van der Waals surface area contributed by atoms with E-state index in [4.69, 9.17) is 4.98 Å². The maximum atomic E-state index is 13.0. The number of halogens is 1. The van der Waals surface area contributed by atoms with E-state index in [9.17, 15) is 17.6 Å². The van der Waals surface area contributed by atoms with Crippen LogP contribution in [0.5, 0.6) is 0 Å². The van der Waals surface area contributed by atoms with Gasteiger partial charge in [-0.1, -0.05) is 30.4 Å². The number of hydrogen-bond acceptors (Lipinski definition) is 6. The molecule has 0 radical (unpaired) electrons. The second-order valence-electron chi connectivity index (χ2n) is 7.19. The Kier molecular flexibility index (Phi) is 5.75. The lowest BCUT2D eigenvalue weighted by Crippen LogP contribution is -2.50. The van der Waals surface area contributed by atoms with Gasteiger partial charge in [0.2, 0.25) is 5.91 Å². The third-order valence-corrected chi connectivity index (χ3v) is 7.96. The number of thiazole rings is 1. The topological polar surface area (TPSA) is 70.6 Å². The van der Waals surface area contributed by atoms with Gasteiger partial charge in [0.05, 0.1) is 15.1 Å². The Labute approximate surface area is 178 Å². The molecular formula is C21H22FN3O3S2. The van der Waals surface area contributed by atoms with Gasteiger partial charge in [-0.2, -0.15) is 0 Å². The molecule has 0 unspecified atom stereocenters. The number of carbonyl (C=O) groups excluding carboxylic acids is 1. The van der Waals surface area contributed by atoms with E-state index in [0.29, 0.717) is 26.2 Å². The predicted octanol–water partition coefficient (Wildman–Crippen LogP) is 3.12. The SMILES string of the molecule is CCc1cccc2sc(N3CCN(C(=O)CS(=O)(=O)c4ccc(F)cc4)CC3)nc12. The van der Waals surface area contributed by atoms with Crippen molar-refractivity contribution in [2.75, 3.05) is 36.8 Å². The zero-order chi connectivity index (χ0) is 21.3. The molecule has 0 N–H and O–H groups in total. The lowest BCUT2D eigenvalue weighted by Gasteiger charge is -2.34. The highest BCUT2D eigenvalue weighted by molar-refractivity contribution is 7.92. The van der Waals surface area contributed by atoms with Crippen LogP contribution in [-0.4, -0.2) is 56.1 Å². The van der Waals surface area contributed by atoms with Crippen LogP contribution in [0.2, 0.25) is 0 Å². The highest BCUT2D eigenvalue weighted by atomic mass is 32.2. The average Bonchev–Trinajstić information content (AvgIpc) is 3.18. The van der Waals surface area contributed by atoms with Crippen molar-refractivity contribution in [3.05, 3.63) is 53.8 Å². The molecule has 0 bridgehead atoms. The molecule has 1 fully saturated rings. The van der Waals surface area contributed by atoms with Crippen LogP contribution in [0.4, 0.5) is 9.52 Å². The summed E-state index contributed by atoms with van der Waals surface area (Å²) in [5.41, 5.74) is 2.25. The molecule has 2 aromatic carbocycles. The van der Waals surface area contributed by atoms with Gasteiger partial charge in [-0.3, -0.25) is 4.79 Å². The van der Waals surface area contributed by atoms with E-state index >= 15 is 0 Å². The Balaban J connectivity index is 1.40. The largest absolute Gasteiger partial charge is 0.345 e. The van der Waals surface area contributed by atoms with E-state index in [2.05, 4.69) is 24.0 Å². The minimum atomic E-state index is -3.80. The fourth-order valence-corrected chi connectivity index (χ4v) is 5.83. The van der Waals surface area contributed by atoms with Crippen molar-refractivity contribution < 1.29 is 17.6 Å². The van der Waals surface area contributed by atoms with Gasteiger partial charge in [-0.15, -0.1) is 0 Å². The summed E-state index contributed by atoms with van der Waals surface area (Å²) in [6.45, 7) is 4.19. The number of fused-ring (bicyclic) bond motifs is 1. The van der Waals surface area contributed by atoms with Crippen molar-refractivity contribution in [2.24, 2.45) is 0 Å². The lowest BCUT2D eigenvalue weighted by molar-refractivity contribution is -0.128. The zero-order valence-electron chi connectivity index (χ0n) is 16.5. The van der Waals surface area contributed by atoms with E-state index in [1.165, 1.54) is 17.7 Å². The molecule has 1 aliphatic heterocycles. The number of carbonyl (C=O) groups is 1. The first kappa shape index (κ1) is 20.7. The number of anilines is 1. The van der Waals surface area contributed by atoms with E-state index in [1.54, 1.807) is 16.2 Å². The molecule has 2 heterocycles. The number of nitrogens with zero attached hydrogens (tertiary/aromatic N) is 3. The molecule has 158 valence electrons. The molecule has 9 heteroatoms. The number of benzene rings is 2. The number of piperazine rings is 1. The Morgan fingerprint density at radius 2 is 1.80 bits per heavy atom. The molecule has 30 heavy (non-hydrogen) atoms. The van der Waals surface area contributed by atoms with Crippen molar-refractivity contribution in [3.8, 4) is 0 Å². The molecule has 0 aliphatic carbocycles. The second-order valence-corrected chi connectivity index (χ2v) is 10.2. The third kappa shape index (κ3) is 4.17. The van der Waals surface area contributed by atoms with E-state index in [-0.39, 0.29) is 4.90 Å². The summed E-state index contributed by atoms with van der Waals surface area (Å²) in [7, 11) is -3.80. The van der Waals surface area contributed by atoms with E-state index in [1.807, 2.05) is 6.07 Å². The number of rotatable bonds is 5. The monoisotopic (exact) mass is 447 g/mol. The van der Waals surface area contributed by atoms with Gasteiger partial charge in [0.15, 0.2) is 15.0 Å². The standard InChI is InChI=1S/C21H22FN3O3S2/c1-2-15-4-3-5-18-20(15)23-21(29-18)25-12-10-24(11-13-25)19(26)14-30(27,28)17-8-6-16(22)7-9-17/h3-9H,2,10-14H2,1H3. The number of sulfone groups is 1. The average molecular weight is 448 g/mol. The van der Waals surface area contributed by atoms with Crippen LogP contribution in [0.3, 0.4) is 0 Å². The first-order chi connectivity index (χ1) is 14.4. The summed E-state index contributed by atoms with van der Waals surface area (Å²) >= 11 is 1.64. The second kappa shape index (κ2) is 8.31.